The van der Waals surface area contributed by atoms with Crippen LogP contribution >= 0.6 is 22.6 Å². The molecule has 0 aromatic heterocycles. The number of halogens is 1. The minimum absolute atomic E-state index is 0.0178. The van der Waals surface area contributed by atoms with Crippen molar-refractivity contribution >= 4 is 22.6 Å². The van der Waals surface area contributed by atoms with Crippen LogP contribution in [0.4, 0.5) is 0 Å². The third-order valence-electron chi connectivity index (χ3n) is 2.26. The molecule has 2 rings (SSSR count). The number of ether oxygens (including phenoxy) is 1. The van der Waals surface area contributed by atoms with Gasteiger partial charge in [0.2, 0.25) is 0 Å². The Balaban J connectivity index is 2.52. The Morgan fingerprint density at radius 3 is 2.77 bits per heavy atom. The van der Waals surface area contributed by atoms with Gasteiger partial charge in [-0.25, -0.2) is 0 Å². The molecule has 1 aliphatic rings. The van der Waals surface area contributed by atoms with Crippen LogP contribution in [0.1, 0.15) is 25.0 Å². The van der Waals surface area contributed by atoms with Crippen LogP contribution < -0.4 is 4.74 Å². The Morgan fingerprint density at radius 2 is 2.08 bits per heavy atom. The summed E-state index contributed by atoms with van der Waals surface area (Å²) in [6.07, 6.45) is 1.03. The SMILES string of the molecule is Cc1cc(I)c2c(c1)CC(C)(C)O2. The number of hydrogen-bond acceptors (Lipinski definition) is 1. The highest BCUT2D eigenvalue weighted by molar-refractivity contribution is 14.1. The smallest absolute Gasteiger partial charge is 0.136 e. The molecule has 0 fully saturated rings. The molecular formula is C11H13IO. The maximum Gasteiger partial charge on any atom is 0.136 e. The maximum atomic E-state index is 5.87. The third-order valence-corrected chi connectivity index (χ3v) is 3.06. The monoisotopic (exact) mass is 288 g/mol. The van der Waals surface area contributed by atoms with E-state index < -0.39 is 0 Å². The molecule has 1 heterocycles. The topological polar surface area (TPSA) is 9.23 Å². The van der Waals surface area contributed by atoms with Crippen molar-refractivity contribution in [1.29, 1.82) is 0 Å². The average molecular weight is 288 g/mol. The minimum atomic E-state index is -0.0178. The molecule has 0 aliphatic carbocycles. The molecule has 0 bridgehead atoms. The van der Waals surface area contributed by atoms with Gasteiger partial charge in [-0.05, 0) is 60.6 Å². The lowest BCUT2D eigenvalue weighted by Gasteiger charge is -2.17. The second-order valence-electron chi connectivity index (χ2n) is 4.27. The zero-order chi connectivity index (χ0) is 9.64. The molecule has 1 aromatic rings. The molecule has 0 N–H and O–H groups in total. The molecule has 0 radical (unpaired) electrons. The number of benzene rings is 1. The first-order valence-electron chi connectivity index (χ1n) is 4.46. The molecule has 0 unspecified atom stereocenters. The van der Waals surface area contributed by atoms with Crippen molar-refractivity contribution in [3.63, 3.8) is 0 Å². The van der Waals surface area contributed by atoms with Gasteiger partial charge in [-0.15, -0.1) is 0 Å². The number of aryl methyl sites for hydroxylation is 1. The fraction of sp³-hybridized carbons (Fsp3) is 0.455. The lowest BCUT2D eigenvalue weighted by atomic mass is 10.0. The van der Waals surface area contributed by atoms with E-state index in [9.17, 15) is 0 Å². The van der Waals surface area contributed by atoms with Crippen LogP contribution in [-0.2, 0) is 6.42 Å². The van der Waals surface area contributed by atoms with Gasteiger partial charge in [-0.1, -0.05) is 6.07 Å². The zero-order valence-corrected chi connectivity index (χ0v) is 10.3. The zero-order valence-electron chi connectivity index (χ0n) is 8.15. The average Bonchev–Trinajstić information content (AvgIpc) is 2.23. The van der Waals surface area contributed by atoms with Crippen molar-refractivity contribution in [2.24, 2.45) is 0 Å². The Hall–Kier alpha value is -0.250. The molecule has 0 atom stereocenters. The lowest BCUT2D eigenvalue weighted by Crippen LogP contribution is -2.24. The van der Waals surface area contributed by atoms with Crippen molar-refractivity contribution in [2.75, 3.05) is 0 Å². The van der Waals surface area contributed by atoms with Crippen LogP contribution in [-0.4, -0.2) is 5.60 Å². The summed E-state index contributed by atoms with van der Waals surface area (Å²) in [5.41, 5.74) is 2.66. The van der Waals surface area contributed by atoms with Gasteiger partial charge in [0.15, 0.2) is 0 Å². The van der Waals surface area contributed by atoms with E-state index in [2.05, 4.69) is 55.5 Å². The van der Waals surface area contributed by atoms with Gasteiger partial charge in [-0.3, -0.25) is 0 Å². The fourth-order valence-corrected chi connectivity index (χ4v) is 2.77. The van der Waals surface area contributed by atoms with E-state index in [1.165, 1.54) is 14.7 Å². The molecular weight excluding hydrogens is 275 g/mol. The lowest BCUT2D eigenvalue weighted by molar-refractivity contribution is 0.137. The molecule has 1 aromatic carbocycles. The molecule has 13 heavy (non-hydrogen) atoms. The largest absolute Gasteiger partial charge is 0.486 e. The highest BCUT2D eigenvalue weighted by Crippen LogP contribution is 2.38. The van der Waals surface area contributed by atoms with Crippen molar-refractivity contribution < 1.29 is 4.74 Å². The third kappa shape index (κ3) is 1.68. The first-order valence-corrected chi connectivity index (χ1v) is 5.54. The summed E-state index contributed by atoms with van der Waals surface area (Å²) >= 11 is 2.34. The van der Waals surface area contributed by atoms with Crippen LogP contribution in [0.15, 0.2) is 12.1 Å². The summed E-state index contributed by atoms with van der Waals surface area (Å²) in [6, 6.07) is 4.40. The van der Waals surface area contributed by atoms with Gasteiger partial charge in [-0.2, -0.15) is 0 Å². The molecule has 1 aliphatic heterocycles. The first kappa shape index (κ1) is 9.31. The number of rotatable bonds is 0. The van der Waals surface area contributed by atoms with E-state index in [4.69, 9.17) is 4.74 Å². The van der Waals surface area contributed by atoms with Crippen LogP contribution in [0.3, 0.4) is 0 Å². The predicted molar refractivity (Wildman–Crippen MR) is 62.3 cm³/mol. The molecule has 70 valence electrons. The van der Waals surface area contributed by atoms with Crippen LogP contribution in [0.25, 0.3) is 0 Å². The van der Waals surface area contributed by atoms with Gasteiger partial charge in [0, 0.05) is 6.42 Å². The maximum absolute atomic E-state index is 5.87. The van der Waals surface area contributed by atoms with E-state index in [0.717, 1.165) is 12.2 Å². The Kier molecular flexibility index (Phi) is 2.06. The van der Waals surface area contributed by atoms with Gasteiger partial charge >= 0.3 is 0 Å². The summed E-state index contributed by atoms with van der Waals surface area (Å²) in [5, 5.41) is 0. The van der Waals surface area contributed by atoms with E-state index in [0.29, 0.717) is 0 Å². The van der Waals surface area contributed by atoms with E-state index in [1.807, 2.05) is 0 Å². The minimum Gasteiger partial charge on any atom is -0.486 e. The summed E-state index contributed by atoms with van der Waals surface area (Å²) < 4.78 is 7.11. The summed E-state index contributed by atoms with van der Waals surface area (Å²) in [6.45, 7) is 6.41. The molecule has 1 nitrogen and oxygen atoms in total. The highest BCUT2D eigenvalue weighted by Gasteiger charge is 2.31. The van der Waals surface area contributed by atoms with Crippen molar-refractivity contribution in [1.82, 2.24) is 0 Å². The standard InChI is InChI=1S/C11H13IO/c1-7-4-8-6-11(2,3)13-10(8)9(12)5-7/h4-5H,6H2,1-3H3. The quantitative estimate of drug-likeness (QED) is 0.665. The first-order chi connectivity index (χ1) is 5.98. The van der Waals surface area contributed by atoms with Gasteiger partial charge < -0.3 is 4.74 Å². The van der Waals surface area contributed by atoms with Crippen molar-refractivity contribution in [3.8, 4) is 5.75 Å². The van der Waals surface area contributed by atoms with E-state index in [1.54, 1.807) is 0 Å². The van der Waals surface area contributed by atoms with Gasteiger partial charge in [0.1, 0.15) is 11.4 Å². The van der Waals surface area contributed by atoms with Gasteiger partial charge in [0.05, 0.1) is 3.57 Å². The van der Waals surface area contributed by atoms with E-state index in [-0.39, 0.29) is 5.60 Å². The number of hydrogen-bond donors (Lipinski definition) is 0. The summed E-state index contributed by atoms with van der Waals surface area (Å²) in [7, 11) is 0. The predicted octanol–water partition coefficient (Wildman–Crippen LogP) is 3.31. The normalized spacial score (nSPS) is 18.2. The fourth-order valence-electron chi connectivity index (χ4n) is 1.82. The second kappa shape index (κ2) is 2.87. The van der Waals surface area contributed by atoms with Crippen molar-refractivity contribution in [2.45, 2.75) is 32.8 Å². The number of fused-ring (bicyclic) bond motifs is 1. The van der Waals surface area contributed by atoms with E-state index >= 15 is 0 Å². The molecule has 0 amide bonds. The summed E-state index contributed by atoms with van der Waals surface area (Å²) in [4.78, 5) is 0. The van der Waals surface area contributed by atoms with Gasteiger partial charge in [0.25, 0.3) is 0 Å². The molecule has 0 saturated carbocycles. The van der Waals surface area contributed by atoms with Crippen LogP contribution in [0, 0.1) is 10.5 Å². The molecule has 0 saturated heterocycles. The second-order valence-corrected chi connectivity index (χ2v) is 5.44. The Bertz CT molecular complexity index is 355. The summed E-state index contributed by atoms with van der Waals surface area (Å²) in [5.74, 6) is 1.09. The van der Waals surface area contributed by atoms with Crippen molar-refractivity contribution in [3.05, 3.63) is 26.8 Å². The highest BCUT2D eigenvalue weighted by atomic mass is 127. The Labute approximate surface area is 92.6 Å². The Morgan fingerprint density at radius 1 is 1.38 bits per heavy atom. The van der Waals surface area contributed by atoms with Crippen LogP contribution in [0.5, 0.6) is 5.75 Å². The molecule has 2 heteroatoms. The van der Waals surface area contributed by atoms with Crippen LogP contribution in [0.2, 0.25) is 0 Å². The molecule has 0 spiro atoms.